The van der Waals surface area contributed by atoms with Crippen LogP contribution in [0.25, 0.3) is 0 Å². The van der Waals surface area contributed by atoms with Gasteiger partial charge in [-0.1, -0.05) is 43.1 Å². The summed E-state index contributed by atoms with van der Waals surface area (Å²) in [6.07, 6.45) is 3.45. The Labute approximate surface area is 170 Å². The number of para-hydroxylation sites is 1. The molecule has 0 aliphatic carbocycles. The maximum absolute atomic E-state index is 14.5. The Morgan fingerprint density at radius 2 is 2.00 bits per heavy atom. The number of hydrogen-bond donors (Lipinski definition) is 1. The number of unbranched alkanes of at least 4 members (excludes halogenated alkanes) is 1. The molecule has 0 bridgehead atoms. The molecule has 0 unspecified atom stereocenters. The van der Waals surface area contributed by atoms with Gasteiger partial charge in [-0.15, -0.1) is 0 Å². The van der Waals surface area contributed by atoms with E-state index in [9.17, 15) is 9.18 Å². The Morgan fingerprint density at radius 1 is 1.25 bits per heavy atom. The predicted molar refractivity (Wildman–Crippen MR) is 110 cm³/mol. The molecule has 0 heterocycles. The lowest BCUT2D eigenvalue weighted by molar-refractivity contribution is -0.142. The highest BCUT2D eigenvalue weighted by molar-refractivity contribution is 6.33. The van der Waals surface area contributed by atoms with Gasteiger partial charge in [-0.3, -0.25) is 4.79 Å². The zero-order valence-electron chi connectivity index (χ0n) is 16.4. The molecule has 2 rings (SSSR count). The number of benzene rings is 2. The van der Waals surface area contributed by atoms with Gasteiger partial charge in [0, 0.05) is 5.56 Å². The third-order valence-corrected chi connectivity index (χ3v) is 4.28. The van der Waals surface area contributed by atoms with Crippen LogP contribution in [0.1, 0.15) is 37.8 Å². The summed E-state index contributed by atoms with van der Waals surface area (Å²) in [6, 6.07) is 10.3. The van der Waals surface area contributed by atoms with Crippen molar-refractivity contribution < 1.29 is 18.7 Å². The fraction of sp³-hybridized carbons (Fsp3) is 0.318. The van der Waals surface area contributed by atoms with Crippen LogP contribution in [-0.4, -0.2) is 12.6 Å². The Kier molecular flexibility index (Phi) is 8.33. The summed E-state index contributed by atoms with van der Waals surface area (Å²) in [4.78, 5) is 11.6. The Balaban J connectivity index is 2.23. The average molecular weight is 406 g/mol. The molecule has 0 saturated carbocycles. The molecule has 4 nitrogen and oxygen atoms in total. The minimum Gasteiger partial charge on any atom is -0.466 e. The molecule has 1 N–H and O–H groups in total. The number of allylic oxidation sites excluding steroid dienone is 1. The zero-order valence-corrected chi connectivity index (χ0v) is 17.1. The number of carbonyl (C=O) groups is 1. The highest BCUT2D eigenvalue weighted by Gasteiger charge is 2.14. The molecule has 0 aromatic heterocycles. The van der Waals surface area contributed by atoms with Crippen LogP contribution in [0.3, 0.4) is 0 Å². The van der Waals surface area contributed by atoms with Crippen molar-refractivity contribution in [2.45, 2.75) is 40.0 Å². The van der Waals surface area contributed by atoms with Gasteiger partial charge < -0.3 is 14.8 Å². The van der Waals surface area contributed by atoms with E-state index in [1.165, 1.54) is 12.1 Å². The van der Waals surface area contributed by atoms with E-state index in [-0.39, 0.29) is 23.6 Å². The van der Waals surface area contributed by atoms with Crippen molar-refractivity contribution >= 4 is 23.3 Å². The van der Waals surface area contributed by atoms with Gasteiger partial charge in [-0.25, -0.2) is 4.39 Å². The molecule has 0 aliphatic heterocycles. The summed E-state index contributed by atoms with van der Waals surface area (Å²) in [5, 5.41) is 3.34. The molecular formula is C22H25ClFNO3. The van der Waals surface area contributed by atoms with Crippen LogP contribution in [-0.2, 0) is 16.0 Å². The number of rotatable bonds is 9. The minimum absolute atomic E-state index is 0.169. The van der Waals surface area contributed by atoms with E-state index in [1.807, 2.05) is 37.3 Å². The first-order chi connectivity index (χ1) is 13.4. The molecule has 150 valence electrons. The van der Waals surface area contributed by atoms with E-state index in [2.05, 4.69) is 12.2 Å². The Morgan fingerprint density at radius 3 is 2.68 bits per heavy atom. The maximum atomic E-state index is 14.5. The number of ether oxygens (including phenoxy) is 2. The lowest BCUT2D eigenvalue weighted by Crippen LogP contribution is -2.11. The van der Waals surface area contributed by atoms with Crippen molar-refractivity contribution in [2.24, 2.45) is 0 Å². The van der Waals surface area contributed by atoms with E-state index < -0.39 is 11.8 Å². The summed E-state index contributed by atoms with van der Waals surface area (Å²) in [7, 11) is 0. The van der Waals surface area contributed by atoms with Crippen molar-refractivity contribution in [3.8, 4) is 5.75 Å². The maximum Gasteiger partial charge on any atom is 0.310 e. The van der Waals surface area contributed by atoms with Crippen LogP contribution in [0.2, 0.25) is 5.02 Å². The third kappa shape index (κ3) is 6.27. The molecular weight excluding hydrogens is 381 g/mol. The molecule has 0 atom stereocenters. The first-order valence-electron chi connectivity index (χ1n) is 9.28. The number of nitrogens with one attached hydrogen (secondary N) is 1. The van der Waals surface area contributed by atoms with E-state index in [1.54, 1.807) is 6.92 Å². The van der Waals surface area contributed by atoms with Gasteiger partial charge in [-0.05, 0) is 50.1 Å². The van der Waals surface area contributed by atoms with Crippen LogP contribution in [0, 0.1) is 12.7 Å². The Hall–Kier alpha value is -2.53. The molecule has 2 aromatic carbocycles. The topological polar surface area (TPSA) is 47.6 Å². The molecule has 0 radical (unpaired) electrons. The largest absolute Gasteiger partial charge is 0.466 e. The second-order valence-electron chi connectivity index (χ2n) is 6.25. The molecule has 6 heteroatoms. The van der Waals surface area contributed by atoms with Crippen molar-refractivity contribution in [2.75, 3.05) is 11.9 Å². The van der Waals surface area contributed by atoms with Crippen molar-refractivity contribution in [3.05, 3.63) is 70.3 Å². The van der Waals surface area contributed by atoms with Gasteiger partial charge in [-0.2, -0.15) is 0 Å². The summed E-state index contributed by atoms with van der Waals surface area (Å²) in [6.45, 7) is 5.95. The van der Waals surface area contributed by atoms with Crippen molar-refractivity contribution in [1.82, 2.24) is 0 Å². The smallest absolute Gasteiger partial charge is 0.310 e. The van der Waals surface area contributed by atoms with E-state index in [4.69, 9.17) is 21.1 Å². The fourth-order valence-corrected chi connectivity index (χ4v) is 2.74. The SMILES string of the molecule is CCC/C=C(\Nc1cc(F)c(CC(=O)OCC)cc1Cl)Oc1ccccc1C. The number of esters is 1. The van der Waals surface area contributed by atoms with Crippen LogP contribution in [0.5, 0.6) is 5.75 Å². The van der Waals surface area contributed by atoms with Crippen molar-refractivity contribution in [1.29, 1.82) is 0 Å². The van der Waals surface area contributed by atoms with Crippen molar-refractivity contribution in [3.63, 3.8) is 0 Å². The van der Waals surface area contributed by atoms with Crippen LogP contribution in [0.4, 0.5) is 10.1 Å². The molecule has 28 heavy (non-hydrogen) atoms. The fourth-order valence-electron chi connectivity index (χ4n) is 2.50. The van der Waals surface area contributed by atoms with Crippen LogP contribution in [0.15, 0.2) is 48.4 Å². The summed E-state index contributed by atoms with van der Waals surface area (Å²) in [5.41, 5.74) is 1.53. The lowest BCUT2D eigenvalue weighted by atomic mass is 10.1. The number of halogens is 2. The summed E-state index contributed by atoms with van der Waals surface area (Å²) >= 11 is 6.31. The van der Waals surface area contributed by atoms with Gasteiger partial charge >= 0.3 is 5.97 Å². The number of carbonyl (C=O) groups excluding carboxylic acids is 1. The quantitative estimate of drug-likeness (QED) is 0.409. The van der Waals surface area contributed by atoms with Gasteiger partial charge in [0.05, 0.1) is 23.7 Å². The summed E-state index contributed by atoms with van der Waals surface area (Å²) in [5.74, 6) is 0.138. The predicted octanol–water partition coefficient (Wildman–Crippen LogP) is 6.03. The number of aryl methyl sites for hydroxylation is 1. The normalized spacial score (nSPS) is 11.2. The van der Waals surface area contributed by atoms with Gasteiger partial charge in [0.1, 0.15) is 11.6 Å². The molecule has 0 saturated heterocycles. The van der Waals surface area contributed by atoms with E-state index in [0.29, 0.717) is 17.3 Å². The van der Waals surface area contributed by atoms with Gasteiger partial charge in [0.15, 0.2) is 5.88 Å². The number of anilines is 1. The number of hydrogen-bond acceptors (Lipinski definition) is 4. The highest BCUT2D eigenvalue weighted by Crippen LogP contribution is 2.28. The first kappa shape index (κ1) is 21.8. The molecule has 0 spiro atoms. The second-order valence-corrected chi connectivity index (χ2v) is 6.66. The van der Waals surface area contributed by atoms with Gasteiger partial charge in [0.25, 0.3) is 0 Å². The second kappa shape index (κ2) is 10.7. The average Bonchev–Trinajstić information content (AvgIpc) is 2.65. The molecule has 0 fully saturated rings. The first-order valence-corrected chi connectivity index (χ1v) is 9.66. The van der Waals surface area contributed by atoms with E-state index >= 15 is 0 Å². The monoisotopic (exact) mass is 405 g/mol. The molecule has 2 aromatic rings. The standard InChI is InChI=1S/C22H25ClFNO3/c1-4-6-11-21(28-20-10-8-7-9-15(20)3)25-19-14-18(24)16(12-17(19)23)13-22(26)27-5-2/h7-12,14,25H,4-6,13H2,1-3H3/b21-11+. The molecule has 0 amide bonds. The lowest BCUT2D eigenvalue weighted by Gasteiger charge is -2.16. The zero-order chi connectivity index (χ0) is 20.5. The van der Waals surface area contributed by atoms with Gasteiger partial charge in [0.2, 0.25) is 0 Å². The van der Waals surface area contributed by atoms with E-state index in [0.717, 1.165) is 18.4 Å². The summed E-state index contributed by atoms with van der Waals surface area (Å²) < 4.78 is 25.3. The Bertz CT molecular complexity index is 852. The third-order valence-electron chi connectivity index (χ3n) is 3.97. The minimum atomic E-state index is -0.536. The van der Waals surface area contributed by atoms with Crippen LogP contribution >= 0.6 is 11.6 Å². The molecule has 0 aliphatic rings. The van der Waals surface area contributed by atoms with Crippen LogP contribution < -0.4 is 10.1 Å². The highest BCUT2D eigenvalue weighted by atomic mass is 35.5.